The molecule has 5 heteroatoms. The topological polar surface area (TPSA) is 67.0 Å². The van der Waals surface area contributed by atoms with Crippen LogP contribution in [0.2, 0.25) is 0 Å². The molecule has 20 heavy (non-hydrogen) atoms. The predicted octanol–water partition coefficient (Wildman–Crippen LogP) is 1.73. The average molecular weight is 271 g/mol. The fourth-order valence-corrected chi connectivity index (χ4v) is 2.29. The Bertz CT molecular complexity index is 557. The van der Waals surface area contributed by atoms with Crippen LogP contribution < -0.4 is 5.32 Å². The number of hydrogen-bond acceptors (Lipinski definition) is 3. The van der Waals surface area contributed by atoms with Crippen molar-refractivity contribution < 1.29 is 9.53 Å². The van der Waals surface area contributed by atoms with Gasteiger partial charge in [-0.25, -0.2) is 0 Å². The van der Waals surface area contributed by atoms with E-state index in [-0.39, 0.29) is 11.8 Å². The Hall–Kier alpha value is -2.14. The van der Waals surface area contributed by atoms with Gasteiger partial charge in [0.2, 0.25) is 5.91 Å². The minimum atomic E-state index is 0.0132. The van der Waals surface area contributed by atoms with Crippen LogP contribution in [-0.2, 0) is 16.1 Å². The van der Waals surface area contributed by atoms with E-state index in [9.17, 15) is 4.79 Å². The van der Waals surface area contributed by atoms with E-state index in [4.69, 9.17) is 4.74 Å². The molecule has 1 atom stereocenters. The maximum absolute atomic E-state index is 11.9. The monoisotopic (exact) mass is 271 g/mol. The van der Waals surface area contributed by atoms with E-state index in [2.05, 4.69) is 15.5 Å². The molecule has 2 aromatic rings. The summed E-state index contributed by atoms with van der Waals surface area (Å²) in [6, 6.07) is 10.0. The number of amides is 1. The molecular formula is C15H17N3O2. The van der Waals surface area contributed by atoms with Crippen LogP contribution in [0.25, 0.3) is 11.3 Å². The van der Waals surface area contributed by atoms with E-state index in [0.29, 0.717) is 19.8 Å². The van der Waals surface area contributed by atoms with Gasteiger partial charge < -0.3 is 10.1 Å². The van der Waals surface area contributed by atoms with Crippen molar-refractivity contribution in [3.05, 3.63) is 42.1 Å². The number of benzene rings is 1. The lowest BCUT2D eigenvalue weighted by Crippen LogP contribution is -2.30. The normalized spacial score (nSPS) is 18.1. The summed E-state index contributed by atoms with van der Waals surface area (Å²) in [5.74, 6) is 0.0967. The molecule has 0 radical (unpaired) electrons. The zero-order valence-electron chi connectivity index (χ0n) is 11.1. The Morgan fingerprint density at radius 2 is 2.20 bits per heavy atom. The zero-order valence-corrected chi connectivity index (χ0v) is 11.1. The standard InChI is InChI=1S/C15H17N3O2/c19-15(13-6-8-20-10-13)16-9-11-1-3-12(4-2-11)14-5-7-17-18-14/h1-5,7,13H,6,8-10H2,(H,16,19)(H,17,18)/t13-/m0/s1. The third-order valence-corrected chi connectivity index (χ3v) is 3.53. The highest BCUT2D eigenvalue weighted by Gasteiger charge is 2.22. The molecule has 0 saturated carbocycles. The number of carbonyl (C=O) groups excluding carboxylic acids is 1. The number of aromatic amines is 1. The molecule has 1 aromatic heterocycles. The lowest BCUT2D eigenvalue weighted by molar-refractivity contribution is -0.125. The third kappa shape index (κ3) is 2.88. The average Bonchev–Trinajstić information content (AvgIpc) is 3.18. The Morgan fingerprint density at radius 3 is 2.85 bits per heavy atom. The molecule has 1 aliphatic heterocycles. The minimum Gasteiger partial charge on any atom is -0.381 e. The molecule has 0 aliphatic carbocycles. The van der Waals surface area contributed by atoms with Crippen molar-refractivity contribution in [2.24, 2.45) is 5.92 Å². The van der Waals surface area contributed by atoms with Gasteiger partial charge in [-0.2, -0.15) is 5.10 Å². The van der Waals surface area contributed by atoms with Gasteiger partial charge in [-0.3, -0.25) is 9.89 Å². The summed E-state index contributed by atoms with van der Waals surface area (Å²) < 4.78 is 5.22. The highest BCUT2D eigenvalue weighted by atomic mass is 16.5. The first-order chi connectivity index (χ1) is 9.83. The SMILES string of the molecule is O=C(NCc1ccc(-c2ccn[nH]2)cc1)[C@H]1CCOC1. The van der Waals surface area contributed by atoms with Gasteiger partial charge in [-0.05, 0) is 23.6 Å². The molecule has 5 nitrogen and oxygen atoms in total. The zero-order chi connectivity index (χ0) is 13.8. The highest BCUT2D eigenvalue weighted by Crippen LogP contribution is 2.17. The fourth-order valence-electron chi connectivity index (χ4n) is 2.29. The molecule has 1 amide bonds. The van der Waals surface area contributed by atoms with Crippen molar-refractivity contribution in [1.82, 2.24) is 15.5 Å². The Balaban J connectivity index is 1.57. The van der Waals surface area contributed by atoms with E-state index >= 15 is 0 Å². The molecule has 2 N–H and O–H groups in total. The Kier molecular flexibility index (Phi) is 3.78. The number of ether oxygens (including phenoxy) is 1. The highest BCUT2D eigenvalue weighted by molar-refractivity contribution is 5.79. The summed E-state index contributed by atoms with van der Waals surface area (Å²) in [6.45, 7) is 1.79. The molecular weight excluding hydrogens is 254 g/mol. The maximum Gasteiger partial charge on any atom is 0.225 e. The first-order valence-electron chi connectivity index (χ1n) is 6.77. The molecule has 1 aromatic carbocycles. The van der Waals surface area contributed by atoms with Crippen LogP contribution in [0.5, 0.6) is 0 Å². The molecule has 2 heterocycles. The van der Waals surface area contributed by atoms with Gasteiger partial charge in [-0.1, -0.05) is 24.3 Å². The number of aromatic nitrogens is 2. The first kappa shape index (κ1) is 12.9. The van der Waals surface area contributed by atoms with Crippen LogP contribution in [0.15, 0.2) is 36.5 Å². The van der Waals surface area contributed by atoms with Crippen LogP contribution in [0.4, 0.5) is 0 Å². The van der Waals surface area contributed by atoms with E-state index in [1.54, 1.807) is 6.20 Å². The van der Waals surface area contributed by atoms with Gasteiger partial charge in [0.05, 0.1) is 18.2 Å². The van der Waals surface area contributed by atoms with Crippen molar-refractivity contribution in [2.45, 2.75) is 13.0 Å². The summed E-state index contributed by atoms with van der Waals surface area (Å²) in [5.41, 5.74) is 3.16. The summed E-state index contributed by atoms with van der Waals surface area (Å²) in [7, 11) is 0. The predicted molar refractivity (Wildman–Crippen MR) is 74.8 cm³/mol. The molecule has 104 valence electrons. The van der Waals surface area contributed by atoms with Crippen LogP contribution in [0.3, 0.4) is 0 Å². The number of carbonyl (C=O) groups is 1. The number of nitrogens with one attached hydrogen (secondary N) is 2. The number of H-pyrrole nitrogens is 1. The lowest BCUT2D eigenvalue weighted by Gasteiger charge is -2.09. The largest absolute Gasteiger partial charge is 0.381 e. The molecule has 1 saturated heterocycles. The number of rotatable bonds is 4. The number of hydrogen-bond donors (Lipinski definition) is 2. The van der Waals surface area contributed by atoms with E-state index < -0.39 is 0 Å². The van der Waals surface area contributed by atoms with Crippen LogP contribution in [0.1, 0.15) is 12.0 Å². The Morgan fingerprint density at radius 1 is 1.35 bits per heavy atom. The summed E-state index contributed by atoms with van der Waals surface area (Å²) in [5, 5.41) is 9.81. The van der Waals surface area contributed by atoms with Gasteiger partial charge in [0.25, 0.3) is 0 Å². The molecule has 1 aliphatic rings. The van der Waals surface area contributed by atoms with Gasteiger partial charge in [0.15, 0.2) is 0 Å². The Labute approximate surface area is 117 Å². The van der Waals surface area contributed by atoms with Crippen molar-refractivity contribution in [2.75, 3.05) is 13.2 Å². The third-order valence-electron chi connectivity index (χ3n) is 3.53. The fraction of sp³-hybridized carbons (Fsp3) is 0.333. The number of nitrogens with zero attached hydrogens (tertiary/aromatic N) is 1. The van der Waals surface area contributed by atoms with Crippen molar-refractivity contribution in [3.63, 3.8) is 0 Å². The van der Waals surface area contributed by atoms with Crippen molar-refractivity contribution in [3.8, 4) is 11.3 Å². The van der Waals surface area contributed by atoms with E-state index in [1.165, 1.54) is 0 Å². The van der Waals surface area contributed by atoms with Crippen LogP contribution in [0, 0.1) is 5.92 Å². The smallest absolute Gasteiger partial charge is 0.225 e. The molecule has 0 bridgehead atoms. The van der Waals surface area contributed by atoms with Gasteiger partial charge >= 0.3 is 0 Å². The summed E-state index contributed by atoms with van der Waals surface area (Å²) in [6.07, 6.45) is 2.55. The van der Waals surface area contributed by atoms with Crippen LogP contribution in [-0.4, -0.2) is 29.3 Å². The summed E-state index contributed by atoms with van der Waals surface area (Å²) >= 11 is 0. The molecule has 0 unspecified atom stereocenters. The van der Waals surface area contributed by atoms with Gasteiger partial charge in [0, 0.05) is 19.3 Å². The quantitative estimate of drug-likeness (QED) is 0.890. The van der Waals surface area contributed by atoms with Gasteiger partial charge in [-0.15, -0.1) is 0 Å². The van der Waals surface area contributed by atoms with Gasteiger partial charge in [0.1, 0.15) is 0 Å². The lowest BCUT2D eigenvalue weighted by atomic mass is 10.1. The van der Waals surface area contributed by atoms with E-state index in [1.807, 2.05) is 30.3 Å². The molecule has 0 spiro atoms. The van der Waals surface area contributed by atoms with Crippen molar-refractivity contribution >= 4 is 5.91 Å². The second-order valence-electron chi connectivity index (χ2n) is 4.95. The van der Waals surface area contributed by atoms with Crippen molar-refractivity contribution in [1.29, 1.82) is 0 Å². The second-order valence-corrected chi connectivity index (χ2v) is 4.95. The first-order valence-corrected chi connectivity index (χ1v) is 6.77. The molecule has 3 rings (SSSR count). The maximum atomic E-state index is 11.9. The second kappa shape index (κ2) is 5.88. The summed E-state index contributed by atoms with van der Waals surface area (Å²) in [4.78, 5) is 11.9. The minimum absolute atomic E-state index is 0.0132. The van der Waals surface area contributed by atoms with Crippen LogP contribution >= 0.6 is 0 Å². The van der Waals surface area contributed by atoms with E-state index in [0.717, 1.165) is 23.2 Å². The molecule has 1 fully saturated rings.